The maximum absolute atomic E-state index is 12.5. The van der Waals surface area contributed by atoms with Crippen LogP contribution in [0, 0.1) is 11.3 Å². The van der Waals surface area contributed by atoms with E-state index in [1.54, 1.807) is 24.7 Å². The number of fused-ring (bicyclic) bond motifs is 3. The molecule has 1 aliphatic heterocycles. The SMILES string of the molecule is N#Cc1ccc2ncc3[nH]c([C@H]4CC(=O)N(Cc5cccnc5)C4)nc3c2c1. The lowest BCUT2D eigenvalue weighted by Gasteiger charge is -2.15. The Kier molecular flexibility index (Phi) is 3.76. The number of carbonyl (C=O) groups is 1. The van der Waals surface area contributed by atoms with Gasteiger partial charge in [0.05, 0.1) is 34.4 Å². The van der Waals surface area contributed by atoms with Gasteiger partial charge in [-0.05, 0) is 29.8 Å². The molecule has 3 aromatic heterocycles. The molecule has 1 aliphatic rings. The molecule has 1 atom stereocenters. The Labute approximate surface area is 160 Å². The molecule has 5 rings (SSSR count). The van der Waals surface area contributed by atoms with E-state index in [9.17, 15) is 10.1 Å². The van der Waals surface area contributed by atoms with Gasteiger partial charge in [0.1, 0.15) is 5.82 Å². The molecule has 4 aromatic rings. The molecule has 1 fully saturated rings. The number of hydrogen-bond acceptors (Lipinski definition) is 5. The van der Waals surface area contributed by atoms with Crippen molar-refractivity contribution in [1.82, 2.24) is 24.8 Å². The normalized spacial score (nSPS) is 16.8. The van der Waals surface area contributed by atoms with Crippen molar-refractivity contribution in [2.75, 3.05) is 6.54 Å². The van der Waals surface area contributed by atoms with E-state index in [2.05, 4.69) is 21.0 Å². The third-order valence-corrected chi connectivity index (χ3v) is 5.16. The molecule has 0 unspecified atom stereocenters. The van der Waals surface area contributed by atoms with E-state index in [-0.39, 0.29) is 11.8 Å². The van der Waals surface area contributed by atoms with Gasteiger partial charge in [0.15, 0.2) is 0 Å². The smallest absolute Gasteiger partial charge is 0.223 e. The highest BCUT2D eigenvalue weighted by molar-refractivity contribution is 6.02. The maximum atomic E-state index is 12.5. The van der Waals surface area contributed by atoms with E-state index < -0.39 is 0 Å². The fourth-order valence-corrected chi connectivity index (χ4v) is 3.76. The number of H-pyrrole nitrogens is 1. The van der Waals surface area contributed by atoms with Crippen LogP contribution in [0.2, 0.25) is 0 Å². The number of amides is 1. The molecular weight excluding hydrogens is 352 g/mol. The zero-order valence-corrected chi connectivity index (χ0v) is 15.0. The van der Waals surface area contributed by atoms with Crippen LogP contribution >= 0.6 is 0 Å². The number of imidazole rings is 1. The van der Waals surface area contributed by atoms with Gasteiger partial charge in [-0.2, -0.15) is 5.26 Å². The number of pyridine rings is 2. The first-order chi connectivity index (χ1) is 13.7. The first-order valence-electron chi connectivity index (χ1n) is 9.06. The van der Waals surface area contributed by atoms with E-state index in [0.717, 1.165) is 33.3 Å². The number of benzene rings is 1. The van der Waals surface area contributed by atoms with Crippen molar-refractivity contribution in [3.05, 3.63) is 65.9 Å². The number of carbonyl (C=O) groups excluding carboxylic acids is 1. The van der Waals surface area contributed by atoms with E-state index in [0.29, 0.717) is 25.1 Å². The second-order valence-corrected chi connectivity index (χ2v) is 7.02. The summed E-state index contributed by atoms with van der Waals surface area (Å²) in [5.41, 5.74) is 3.99. The van der Waals surface area contributed by atoms with Crippen molar-refractivity contribution < 1.29 is 4.79 Å². The second kappa shape index (κ2) is 6.43. The minimum absolute atomic E-state index is 0.00534. The van der Waals surface area contributed by atoms with E-state index in [4.69, 9.17) is 4.98 Å². The van der Waals surface area contributed by atoms with Gasteiger partial charge in [0.2, 0.25) is 5.91 Å². The van der Waals surface area contributed by atoms with Crippen LogP contribution in [0.4, 0.5) is 0 Å². The monoisotopic (exact) mass is 368 g/mol. The third-order valence-electron chi connectivity index (χ3n) is 5.16. The molecule has 0 radical (unpaired) electrons. The van der Waals surface area contributed by atoms with E-state index in [1.165, 1.54) is 0 Å². The zero-order valence-electron chi connectivity index (χ0n) is 15.0. The van der Waals surface area contributed by atoms with E-state index in [1.807, 2.05) is 29.2 Å². The highest BCUT2D eigenvalue weighted by Gasteiger charge is 2.32. The number of rotatable bonds is 3. The lowest BCUT2D eigenvalue weighted by molar-refractivity contribution is -0.128. The van der Waals surface area contributed by atoms with Crippen molar-refractivity contribution in [3.8, 4) is 6.07 Å². The molecule has 136 valence electrons. The Morgan fingerprint density at radius 3 is 3.04 bits per heavy atom. The highest BCUT2D eigenvalue weighted by Crippen LogP contribution is 2.30. The molecule has 1 saturated heterocycles. The van der Waals surface area contributed by atoms with Crippen molar-refractivity contribution >= 4 is 27.8 Å². The molecule has 7 heteroatoms. The molecule has 0 bridgehead atoms. The maximum Gasteiger partial charge on any atom is 0.223 e. The van der Waals surface area contributed by atoms with Crippen molar-refractivity contribution in [3.63, 3.8) is 0 Å². The summed E-state index contributed by atoms with van der Waals surface area (Å²) in [6.45, 7) is 1.17. The molecule has 1 N–H and O–H groups in total. The molecule has 1 amide bonds. The number of nitrogens with zero attached hydrogens (tertiary/aromatic N) is 5. The first-order valence-corrected chi connectivity index (χ1v) is 9.06. The zero-order chi connectivity index (χ0) is 19.1. The van der Waals surface area contributed by atoms with Gasteiger partial charge in [-0.15, -0.1) is 0 Å². The molecule has 0 saturated carbocycles. The minimum atomic E-state index is 0.00534. The van der Waals surface area contributed by atoms with Gasteiger partial charge in [-0.1, -0.05) is 6.07 Å². The van der Waals surface area contributed by atoms with Crippen LogP contribution in [0.15, 0.2) is 48.9 Å². The van der Waals surface area contributed by atoms with Crippen LogP contribution in [0.25, 0.3) is 21.9 Å². The van der Waals surface area contributed by atoms with Crippen LogP contribution in [-0.2, 0) is 11.3 Å². The number of likely N-dealkylation sites (tertiary alicyclic amines) is 1. The summed E-state index contributed by atoms with van der Waals surface area (Å²) in [4.78, 5) is 31.0. The Bertz CT molecular complexity index is 1240. The lowest BCUT2D eigenvalue weighted by Crippen LogP contribution is -2.24. The van der Waals surface area contributed by atoms with Gasteiger partial charge >= 0.3 is 0 Å². The second-order valence-electron chi connectivity index (χ2n) is 7.02. The Balaban J connectivity index is 1.47. The summed E-state index contributed by atoms with van der Waals surface area (Å²) in [5.74, 6) is 0.906. The lowest BCUT2D eigenvalue weighted by atomic mass is 10.1. The van der Waals surface area contributed by atoms with Crippen LogP contribution in [-0.4, -0.2) is 37.3 Å². The van der Waals surface area contributed by atoms with Gasteiger partial charge < -0.3 is 9.88 Å². The van der Waals surface area contributed by atoms with Crippen molar-refractivity contribution in [2.24, 2.45) is 0 Å². The number of hydrogen-bond donors (Lipinski definition) is 1. The predicted octanol–water partition coefficient (Wildman–Crippen LogP) is 2.89. The van der Waals surface area contributed by atoms with Gasteiger partial charge in [0.25, 0.3) is 0 Å². The topological polar surface area (TPSA) is 98.6 Å². The summed E-state index contributed by atoms with van der Waals surface area (Å²) in [5, 5.41) is 10.0. The van der Waals surface area contributed by atoms with Crippen LogP contribution in [0.5, 0.6) is 0 Å². The van der Waals surface area contributed by atoms with Gasteiger partial charge in [-0.3, -0.25) is 14.8 Å². The number of nitrogens with one attached hydrogen (secondary N) is 1. The fourth-order valence-electron chi connectivity index (χ4n) is 3.76. The fraction of sp³-hybridized carbons (Fsp3) is 0.190. The van der Waals surface area contributed by atoms with Crippen LogP contribution in [0.1, 0.15) is 29.3 Å². The first kappa shape index (κ1) is 16.4. The van der Waals surface area contributed by atoms with Crippen molar-refractivity contribution in [2.45, 2.75) is 18.9 Å². The average Bonchev–Trinajstić information content (AvgIpc) is 3.32. The number of aromatic amines is 1. The molecule has 0 spiro atoms. The van der Waals surface area contributed by atoms with Crippen LogP contribution < -0.4 is 0 Å². The Morgan fingerprint density at radius 2 is 2.21 bits per heavy atom. The summed E-state index contributed by atoms with van der Waals surface area (Å²) in [6, 6.07) is 11.4. The predicted molar refractivity (Wildman–Crippen MR) is 103 cm³/mol. The van der Waals surface area contributed by atoms with E-state index >= 15 is 0 Å². The average molecular weight is 368 g/mol. The standard InChI is InChI=1S/C21H16N6O/c22-8-13-3-4-17-16(6-13)20-18(10-24-17)25-21(26-20)15-7-19(28)27(12-15)11-14-2-1-5-23-9-14/h1-6,9-10,15H,7,11-12H2,(H,25,26)/t15-/m0/s1. The number of nitriles is 1. The molecule has 1 aromatic carbocycles. The summed E-state index contributed by atoms with van der Waals surface area (Å²) < 4.78 is 0. The Morgan fingerprint density at radius 1 is 1.29 bits per heavy atom. The molecule has 4 heterocycles. The third kappa shape index (κ3) is 2.76. The Hall–Kier alpha value is -3.79. The molecule has 7 nitrogen and oxygen atoms in total. The molecule has 0 aliphatic carbocycles. The van der Waals surface area contributed by atoms with Gasteiger partial charge in [0, 0.05) is 43.2 Å². The quantitative estimate of drug-likeness (QED) is 0.599. The highest BCUT2D eigenvalue weighted by atomic mass is 16.2. The summed E-state index contributed by atoms with van der Waals surface area (Å²) >= 11 is 0. The molecular formula is C21H16N6O. The summed E-state index contributed by atoms with van der Waals surface area (Å²) in [6.07, 6.45) is 5.69. The van der Waals surface area contributed by atoms with Crippen molar-refractivity contribution in [1.29, 1.82) is 5.26 Å². The van der Waals surface area contributed by atoms with Crippen LogP contribution in [0.3, 0.4) is 0 Å². The van der Waals surface area contributed by atoms with Gasteiger partial charge in [-0.25, -0.2) is 4.98 Å². The number of aromatic nitrogens is 4. The summed E-state index contributed by atoms with van der Waals surface area (Å²) in [7, 11) is 0. The largest absolute Gasteiger partial charge is 0.340 e. The molecule has 28 heavy (non-hydrogen) atoms. The minimum Gasteiger partial charge on any atom is -0.340 e.